The molecule has 2 aliphatic rings. The smallest absolute Gasteiger partial charge is 0.214 e. The van der Waals surface area contributed by atoms with Gasteiger partial charge in [-0.05, 0) is 37.2 Å². The molecule has 2 saturated carbocycles. The van der Waals surface area contributed by atoms with Gasteiger partial charge in [-0.3, -0.25) is 0 Å². The number of pyridine rings is 1. The van der Waals surface area contributed by atoms with Crippen LogP contribution < -0.4 is 4.74 Å². The third-order valence-electron chi connectivity index (χ3n) is 3.83. The van der Waals surface area contributed by atoms with Gasteiger partial charge in [0.25, 0.3) is 0 Å². The molecule has 2 bridgehead atoms. The summed E-state index contributed by atoms with van der Waals surface area (Å²) in [5, 5.41) is 0.698. The molecule has 0 saturated heterocycles. The molecule has 1 aromatic rings. The van der Waals surface area contributed by atoms with Crippen molar-refractivity contribution in [1.29, 1.82) is 0 Å². The van der Waals surface area contributed by atoms with E-state index >= 15 is 0 Å². The maximum atomic E-state index is 5.92. The van der Waals surface area contributed by atoms with Gasteiger partial charge in [0, 0.05) is 17.3 Å². The Balaban J connectivity index is 1.67. The molecule has 0 aliphatic heterocycles. The van der Waals surface area contributed by atoms with Crippen LogP contribution in [0.15, 0.2) is 18.3 Å². The Hall–Kier alpha value is -0.760. The fraction of sp³-hybridized carbons (Fsp3) is 0.615. The molecule has 86 valence electrons. The zero-order chi connectivity index (χ0) is 11.0. The highest BCUT2D eigenvalue weighted by Gasteiger charge is 2.35. The number of aromatic nitrogens is 1. The van der Waals surface area contributed by atoms with Gasteiger partial charge >= 0.3 is 0 Å². The van der Waals surface area contributed by atoms with Gasteiger partial charge < -0.3 is 4.74 Å². The van der Waals surface area contributed by atoms with Crippen LogP contribution in [-0.4, -0.2) is 11.1 Å². The molecule has 2 fully saturated rings. The van der Waals surface area contributed by atoms with Crippen molar-refractivity contribution >= 4 is 11.6 Å². The maximum absolute atomic E-state index is 5.92. The normalized spacial score (nSPS) is 32.7. The molecular weight excluding hydrogens is 222 g/mol. The average Bonchev–Trinajstić information content (AvgIpc) is 2.58. The van der Waals surface area contributed by atoms with Gasteiger partial charge in [-0.15, -0.1) is 0 Å². The molecular formula is C13H16ClNO. The molecule has 16 heavy (non-hydrogen) atoms. The molecule has 1 heterocycles. The fourth-order valence-corrected chi connectivity index (χ4v) is 3.31. The predicted octanol–water partition coefficient (Wildman–Crippen LogP) is 3.69. The SMILES string of the molecule is Clc1ccnc(O[C@@H]2C[C@@H]3CC[C@@H](C3)C2)c1. The van der Waals surface area contributed by atoms with Crippen molar-refractivity contribution in [2.45, 2.75) is 38.2 Å². The first kappa shape index (κ1) is 10.4. The van der Waals surface area contributed by atoms with Crippen molar-refractivity contribution in [3.63, 3.8) is 0 Å². The second-order valence-electron chi connectivity index (χ2n) is 5.07. The fourth-order valence-electron chi connectivity index (χ4n) is 3.16. The Kier molecular flexibility index (Phi) is 2.76. The van der Waals surface area contributed by atoms with Gasteiger partial charge in [-0.2, -0.15) is 0 Å². The molecule has 0 aromatic carbocycles. The van der Waals surface area contributed by atoms with E-state index in [2.05, 4.69) is 4.98 Å². The summed E-state index contributed by atoms with van der Waals surface area (Å²) in [6.07, 6.45) is 8.67. The quantitative estimate of drug-likeness (QED) is 0.783. The van der Waals surface area contributed by atoms with E-state index in [0.717, 1.165) is 11.8 Å². The Morgan fingerprint density at radius 2 is 1.94 bits per heavy atom. The highest BCUT2D eigenvalue weighted by molar-refractivity contribution is 6.30. The first-order valence-corrected chi connectivity index (χ1v) is 6.45. The van der Waals surface area contributed by atoms with Crippen LogP contribution in [-0.2, 0) is 0 Å². The van der Waals surface area contributed by atoms with Crippen LogP contribution in [0.5, 0.6) is 5.88 Å². The van der Waals surface area contributed by atoms with Gasteiger partial charge in [-0.25, -0.2) is 4.98 Å². The summed E-state index contributed by atoms with van der Waals surface area (Å²) >= 11 is 5.91. The topological polar surface area (TPSA) is 22.1 Å². The monoisotopic (exact) mass is 237 g/mol. The first-order chi connectivity index (χ1) is 7.79. The zero-order valence-electron chi connectivity index (χ0n) is 9.23. The predicted molar refractivity (Wildman–Crippen MR) is 63.7 cm³/mol. The molecule has 3 rings (SSSR count). The van der Waals surface area contributed by atoms with E-state index in [0.29, 0.717) is 17.0 Å². The number of hydrogen-bond acceptors (Lipinski definition) is 2. The van der Waals surface area contributed by atoms with Gasteiger partial charge in [0.2, 0.25) is 5.88 Å². The lowest BCUT2D eigenvalue weighted by Gasteiger charge is -2.27. The summed E-state index contributed by atoms with van der Waals surface area (Å²) in [4.78, 5) is 4.20. The number of ether oxygens (including phenoxy) is 1. The molecule has 2 aliphatic carbocycles. The molecule has 2 nitrogen and oxygen atoms in total. The van der Waals surface area contributed by atoms with Crippen LogP contribution in [0.25, 0.3) is 0 Å². The van der Waals surface area contributed by atoms with E-state index < -0.39 is 0 Å². The number of fused-ring (bicyclic) bond motifs is 2. The minimum atomic E-state index is 0.359. The maximum Gasteiger partial charge on any atom is 0.214 e. The lowest BCUT2D eigenvalue weighted by molar-refractivity contribution is 0.114. The van der Waals surface area contributed by atoms with Crippen molar-refractivity contribution < 1.29 is 4.74 Å². The lowest BCUT2D eigenvalue weighted by atomic mass is 9.87. The van der Waals surface area contributed by atoms with Crippen LogP contribution in [0.4, 0.5) is 0 Å². The average molecular weight is 238 g/mol. The minimum Gasteiger partial charge on any atom is -0.474 e. The van der Waals surface area contributed by atoms with Crippen molar-refractivity contribution in [1.82, 2.24) is 4.98 Å². The Labute approximate surface area is 101 Å². The van der Waals surface area contributed by atoms with E-state index in [1.54, 1.807) is 18.3 Å². The van der Waals surface area contributed by atoms with Crippen LogP contribution in [0.3, 0.4) is 0 Å². The van der Waals surface area contributed by atoms with Gasteiger partial charge in [0.15, 0.2) is 0 Å². The number of hydrogen-bond donors (Lipinski definition) is 0. The second-order valence-corrected chi connectivity index (χ2v) is 5.51. The lowest BCUT2D eigenvalue weighted by Crippen LogP contribution is -2.26. The van der Waals surface area contributed by atoms with Crippen LogP contribution in [0, 0.1) is 11.8 Å². The standard InChI is InChI=1S/C13H16ClNO/c14-11-3-4-15-13(8-11)16-12-6-9-1-2-10(5-9)7-12/h3-4,8-10,12H,1-2,5-7H2/t9-,10+,12-. The summed E-state index contributed by atoms with van der Waals surface area (Å²) in [6.45, 7) is 0. The first-order valence-electron chi connectivity index (χ1n) is 6.08. The van der Waals surface area contributed by atoms with E-state index in [1.165, 1.54) is 32.1 Å². The van der Waals surface area contributed by atoms with E-state index in [1.807, 2.05) is 0 Å². The van der Waals surface area contributed by atoms with E-state index in [4.69, 9.17) is 16.3 Å². The van der Waals surface area contributed by atoms with Crippen molar-refractivity contribution in [3.05, 3.63) is 23.4 Å². The summed E-state index contributed by atoms with van der Waals surface area (Å²) in [6, 6.07) is 3.58. The third kappa shape index (κ3) is 2.17. The van der Waals surface area contributed by atoms with Gasteiger partial charge in [0.05, 0.1) is 0 Å². The molecule has 0 unspecified atom stereocenters. The van der Waals surface area contributed by atoms with Crippen LogP contribution >= 0.6 is 11.6 Å². The minimum absolute atomic E-state index is 0.359. The highest BCUT2D eigenvalue weighted by atomic mass is 35.5. The number of rotatable bonds is 2. The highest BCUT2D eigenvalue weighted by Crippen LogP contribution is 2.42. The summed E-state index contributed by atoms with van der Waals surface area (Å²) in [7, 11) is 0. The Morgan fingerprint density at radius 1 is 1.19 bits per heavy atom. The number of halogens is 1. The van der Waals surface area contributed by atoms with Gasteiger partial charge in [0.1, 0.15) is 6.10 Å². The molecule has 1 aromatic heterocycles. The molecule has 3 atom stereocenters. The third-order valence-corrected chi connectivity index (χ3v) is 4.06. The molecule has 3 heteroatoms. The molecule has 0 radical (unpaired) electrons. The Bertz CT molecular complexity index is 370. The molecule has 0 N–H and O–H groups in total. The Morgan fingerprint density at radius 3 is 2.62 bits per heavy atom. The molecule has 0 spiro atoms. The molecule has 0 amide bonds. The van der Waals surface area contributed by atoms with Gasteiger partial charge in [-0.1, -0.05) is 24.4 Å². The summed E-state index contributed by atoms with van der Waals surface area (Å²) in [5.74, 6) is 2.46. The summed E-state index contributed by atoms with van der Waals surface area (Å²) < 4.78 is 5.92. The number of nitrogens with zero attached hydrogens (tertiary/aromatic N) is 1. The van der Waals surface area contributed by atoms with E-state index in [-0.39, 0.29) is 0 Å². The van der Waals surface area contributed by atoms with Crippen LogP contribution in [0.1, 0.15) is 32.1 Å². The zero-order valence-corrected chi connectivity index (χ0v) is 9.99. The second kappa shape index (κ2) is 4.25. The largest absolute Gasteiger partial charge is 0.474 e. The van der Waals surface area contributed by atoms with Crippen molar-refractivity contribution in [3.8, 4) is 5.88 Å². The van der Waals surface area contributed by atoms with Crippen molar-refractivity contribution in [2.75, 3.05) is 0 Å². The summed E-state index contributed by atoms with van der Waals surface area (Å²) in [5.41, 5.74) is 0. The van der Waals surface area contributed by atoms with E-state index in [9.17, 15) is 0 Å². The van der Waals surface area contributed by atoms with Crippen LogP contribution in [0.2, 0.25) is 5.02 Å². The van der Waals surface area contributed by atoms with Crippen molar-refractivity contribution in [2.24, 2.45) is 11.8 Å².